The van der Waals surface area contributed by atoms with Gasteiger partial charge in [0.1, 0.15) is 31.5 Å². The maximum atomic E-state index is 10.4. The van der Waals surface area contributed by atoms with E-state index in [4.69, 9.17) is 9.47 Å². The van der Waals surface area contributed by atoms with Gasteiger partial charge in [0.25, 0.3) is 0 Å². The third-order valence-electron chi connectivity index (χ3n) is 5.57. The van der Waals surface area contributed by atoms with Crippen LogP contribution in [0.5, 0.6) is 5.75 Å². The van der Waals surface area contributed by atoms with Crippen LogP contribution in [-0.2, 0) is 16.7 Å². The smallest absolute Gasteiger partial charge is 0.126 e. The maximum Gasteiger partial charge on any atom is 0.126 e. The lowest BCUT2D eigenvalue weighted by Gasteiger charge is -2.33. The van der Waals surface area contributed by atoms with Gasteiger partial charge in [0.05, 0.1) is 27.3 Å². The SMILES string of the molecule is CC(C)(C)CC(C)(C)c1ccc(OCCOCC(O)C[N+](C)(C)Cc2ccccc2)cc1.[Cl-]. The van der Waals surface area contributed by atoms with E-state index in [0.717, 1.165) is 18.7 Å². The third kappa shape index (κ3) is 11.4. The van der Waals surface area contributed by atoms with E-state index in [9.17, 15) is 5.11 Å². The second-order valence-electron chi connectivity index (χ2n) is 11.5. The van der Waals surface area contributed by atoms with Crippen molar-refractivity contribution in [2.45, 2.75) is 59.1 Å². The fourth-order valence-electron chi connectivity index (χ4n) is 4.63. The highest BCUT2D eigenvalue weighted by atomic mass is 35.5. The molecule has 0 aliphatic heterocycles. The van der Waals surface area contributed by atoms with Gasteiger partial charge in [-0.3, -0.25) is 0 Å². The summed E-state index contributed by atoms with van der Waals surface area (Å²) in [6.07, 6.45) is 0.620. The molecule has 4 nitrogen and oxygen atoms in total. The summed E-state index contributed by atoms with van der Waals surface area (Å²) in [6.45, 7) is 14.2. The molecule has 1 unspecified atom stereocenters. The first-order valence-corrected chi connectivity index (χ1v) is 11.7. The van der Waals surface area contributed by atoms with E-state index in [1.54, 1.807) is 0 Å². The minimum Gasteiger partial charge on any atom is -1.00 e. The normalized spacial score (nSPS) is 13.3. The number of aliphatic hydroxyl groups excluding tert-OH is 1. The predicted octanol–water partition coefficient (Wildman–Crippen LogP) is 2.44. The zero-order valence-electron chi connectivity index (χ0n) is 21.6. The summed E-state index contributed by atoms with van der Waals surface area (Å²) in [5.41, 5.74) is 3.01. The molecule has 0 amide bonds. The molecule has 2 rings (SSSR count). The zero-order valence-corrected chi connectivity index (χ0v) is 22.4. The average molecular weight is 478 g/mol. The topological polar surface area (TPSA) is 38.7 Å². The standard InChI is InChI=1S/C28H44NO3.ClH/c1-27(2,3)22-28(4,5)24-13-15-26(16-14-24)32-18-17-31-21-25(30)20-29(6,7)19-23-11-9-8-10-12-23;/h8-16,25,30H,17-22H2,1-7H3;1H/q+1;/p-1. The van der Waals surface area contributed by atoms with Crippen LogP contribution in [0.25, 0.3) is 0 Å². The molecule has 0 aliphatic carbocycles. The van der Waals surface area contributed by atoms with E-state index < -0.39 is 6.10 Å². The van der Waals surface area contributed by atoms with Crippen molar-refractivity contribution >= 4 is 0 Å². The minimum atomic E-state index is -0.502. The Balaban J connectivity index is 0.00000544. The molecule has 0 aromatic heterocycles. The molecular weight excluding hydrogens is 434 g/mol. The molecule has 0 spiro atoms. The Morgan fingerprint density at radius 3 is 2.06 bits per heavy atom. The van der Waals surface area contributed by atoms with Crippen molar-refractivity contribution in [1.29, 1.82) is 0 Å². The average Bonchev–Trinajstić information content (AvgIpc) is 2.66. The number of hydrogen-bond donors (Lipinski definition) is 1. The summed E-state index contributed by atoms with van der Waals surface area (Å²) in [7, 11) is 4.26. The van der Waals surface area contributed by atoms with Crippen LogP contribution in [0.1, 0.15) is 52.2 Å². The van der Waals surface area contributed by atoms with Gasteiger partial charge in [0, 0.05) is 5.56 Å². The molecular formula is C28H44ClNO3. The highest BCUT2D eigenvalue weighted by Crippen LogP contribution is 2.36. The molecule has 0 aliphatic rings. The van der Waals surface area contributed by atoms with E-state index in [0.29, 0.717) is 30.8 Å². The summed E-state index contributed by atoms with van der Waals surface area (Å²) in [6, 6.07) is 18.8. The molecule has 1 N–H and O–H groups in total. The van der Waals surface area contributed by atoms with Crippen molar-refractivity contribution < 1.29 is 31.5 Å². The number of rotatable bonds is 12. The highest BCUT2D eigenvalue weighted by Gasteiger charge is 2.27. The van der Waals surface area contributed by atoms with Gasteiger partial charge in [-0.2, -0.15) is 0 Å². The molecule has 0 saturated heterocycles. The van der Waals surface area contributed by atoms with Gasteiger partial charge in [-0.1, -0.05) is 77.1 Å². The molecule has 186 valence electrons. The lowest BCUT2D eigenvalue weighted by atomic mass is 9.72. The van der Waals surface area contributed by atoms with E-state index in [2.05, 4.69) is 85.1 Å². The van der Waals surface area contributed by atoms with Gasteiger partial charge in [-0.15, -0.1) is 0 Å². The summed E-state index contributed by atoms with van der Waals surface area (Å²) < 4.78 is 12.2. The Morgan fingerprint density at radius 1 is 0.879 bits per heavy atom. The van der Waals surface area contributed by atoms with Gasteiger partial charge in [-0.25, -0.2) is 0 Å². The molecule has 0 bridgehead atoms. The molecule has 0 heterocycles. The second-order valence-corrected chi connectivity index (χ2v) is 11.5. The van der Waals surface area contributed by atoms with E-state index in [1.807, 2.05) is 18.2 Å². The van der Waals surface area contributed by atoms with Gasteiger partial charge >= 0.3 is 0 Å². The van der Waals surface area contributed by atoms with Crippen molar-refractivity contribution in [1.82, 2.24) is 0 Å². The number of nitrogens with zero attached hydrogens (tertiary/aromatic N) is 1. The molecule has 0 fully saturated rings. The third-order valence-corrected chi connectivity index (χ3v) is 5.57. The number of benzene rings is 2. The first kappa shape index (κ1) is 29.4. The quantitative estimate of drug-likeness (QED) is 0.377. The van der Waals surface area contributed by atoms with Crippen molar-refractivity contribution in [3.8, 4) is 5.75 Å². The lowest BCUT2D eigenvalue weighted by molar-refractivity contribution is -0.906. The Labute approximate surface area is 207 Å². The van der Waals surface area contributed by atoms with Gasteiger partial charge in [0.15, 0.2) is 0 Å². The summed E-state index contributed by atoms with van der Waals surface area (Å²) >= 11 is 0. The Hall–Kier alpha value is -1.59. The largest absolute Gasteiger partial charge is 1.00 e. The van der Waals surface area contributed by atoms with Crippen LogP contribution in [-0.4, -0.2) is 56.2 Å². The maximum absolute atomic E-state index is 10.4. The first-order chi connectivity index (χ1) is 14.9. The van der Waals surface area contributed by atoms with Crippen molar-refractivity contribution in [3.05, 3.63) is 65.7 Å². The van der Waals surface area contributed by atoms with Crippen molar-refractivity contribution in [3.63, 3.8) is 0 Å². The number of likely N-dealkylation sites (N-methyl/N-ethyl adjacent to an activating group) is 1. The summed E-state index contributed by atoms with van der Waals surface area (Å²) in [4.78, 5) is 0. The van der Waals surface area contributed by atoms with Crippen LogP contribution in [0.3, 0.4) is 0 Å². The molecule has 1 atom stereocenters. The molecule has 33 heavy (non-hydrogen) atoms. The van der Waals surface area contributed by atoms with E-state index in [-0.39, 0.29) is 23.2 Å². The highest BCUT2D eigenvalue weighted by molar-refractivity contribution is 5.31. The van der Waals surface area contributed by atoms with Crippen LogP contribution < -0.4 is 17.1 Å². The zero-order chi connectivity index (χ0) is 23.8. The van der Waals surface area contributed by atoms with Gasteiger partial charge in [-0.05, 0) is 34.9 Å². The fraction of sp³-hybridized carbons (Fsp3) is 0.571. The minimum absolute atomic E-state index is 0. The first-order valence-electron chi connectivity index (χ1n) is 11.7. The van der Waals surface area contributed by atoms with Gasteiger partial charge < -0.3 is 31.5 Å². The molecule has 0 radical (unpaired) electrons. The van der Waals surface area contributed by atoms with Crippen LogP contribution in [0.15, 0.2) is 54.6 Å². The molecule has 2 aromatic carbocycles. The number of aliphatic hydroxyl groups is 1. The fourth-order valence-corrected chi connectivity index (χ4v) is 4.63. The predicted molar refractivity (Wildman–Crippen MR) is 133 cm³/mol. The Kier molecular flexibility index (Phi) is 11.4. The summed E-state index contributed by atoms with van der Waals surface area (Å²) in [5.74, 6) is 0.852. The van der Waals surface area contributed by atoms with Gasteiger partial charge in [0.2, 0.25) is 0 Å². The number of hydrogen-bond acceptors (Lipinski definition) is 3. The molecule has 0 saturated carbocycles. The summed E-state index contributed by atoms with van der Waals surface area (Å²) in [5, 5.41) is 10.4. The van der Waals surface area contributed by atoms with Crippen LogP contribution in [0.4, 0.5) is 0 Å². The van der Waals surface area contributed by atoms with Crippen molar-refractivity contribution in [2.75, 3.05) is 40.5 Å². The van der Waals surface area contributed by atoms with Crippen LogP contribution >= 0.6 is 0 Å². The van der Waals surface area contributed by atoms with Crippen LogP contribution in [0, 0.1) is 5.41 Å². The van der Waals surface area contributed by atoms with E-state index in [1.165, 1.54) is 11.1 Å². The lowest BCUT2D eigenvalue weighted by Crippen LogP contribution is -3.00. The Morgan fingerprint density at radius 2 is 1.48 bits per heavy atom. The number of halogens is 1. The molecule has 5 heteroatoms. The van der Waals surface area contributed by atoms with Crippen LogP contribution in [0.2, 0.25) is 0 Å². The van der Waals surface area contributed by atoms with Crippen molar-refractivity contribution in [2.24, 2.45) is 5.41 Å². The second kappa shape index (κ2) is 12.8. The number of ether oxygens (including phenoxy) is 2. The monoisotopic (exact) mass is 477 g/mol. The van der Waals surface area contributed by atoms with E-state index >= 15 is 0 Å². The molecule has 2 aromatic rings. The Bertz CT molecular complexity index is 798. The number of quaternary nitrogens is 1.